The Bertz CT molecular complexity index is 850. The van der Waals surface area contributed by atoms with Gasteiger partial charge in [0.15, 0.2) is 0 Å². The first-order chi connectivity index (χ1) is 15.1. The molecule has 31 heavy (non-hydrogen) atoms. The van der Waals surface area contributed by atoms with E-state index in [4.69, 9.17) is 4.74 Å². The Morgan fingerprint density at radius 3 is 2.35 bits per heavy atom. The molecule has 2 nitrogen and oxygen atoms in total. The van der Waals surface area contributed by atoms with Crippen molar-refractivity contribution in [3.05, 3.63) is 89.8 Å². The second kappa shape index (κ2) is 11.9. The topological polar surface area (TPSA) is 29.5 Å². The second-order valence-corrected chi connectivity index (χ2v) is 8.54. The molecule has 3 rings (SSSR count). The minimum atomic E-state index is -0.657. The molecule has 0 spiro atoms. The van der Waals surface area contributed by atoms with Crippen LogP contribution in [-0.4, -0.2) is 11.2 Å². The monoisotopic (exact) mass is 422 g/mol. The summed E-state index contributed by atoms with van der Waals surface area (Å²) in [5.74, 6) is 1.10. The summed E-state index contributed by atoms with van der Waals surface area (Å²) in [7, 11) is 0. The number of hydrogen-bond acceptors (Lipinski definition) is 2. The molecular formula is C28H35FO2. The van der Waals surface area contributed by atoms with Gasteiger partial charge in [-0.2, -0.15) is 0 Å². The van der Waals surface area contributed by atoms with Crippen molar-refractivity contribution in [2.24, 2.45) is 11.8 Å². The maximum atomic E-state index is 13.6. The lowest BCUT2D eigenvalue weighted by atomic mass is 9.86. The molecule has 0 aromatic heterocycles. The zero-order valence-electron chi connectivity index (χ0n) is 18.7. The van der Waals surface area contributed by atoms with Gasteiger partial charge in [0.1, 0.15) is 17.7 Å². The minimum Gasteiger partial charge on any atom is -0.483 e. The number of aliphatic hydroxyl groups is 1. The van der Waals surface area contributed by atoms with Crippen molar-refractivity contribution < 1.29 is 14.2 Å². The molecule has 1 N–H and O–H groups in total. The SMILES string of the molecule is CCCC(CCC)C(O)C(Oc1ccccc1CC1C=CC=CC1)c1ccc(F)cc1. The molecule has 1 aliphatic carbocycles. The van der Waals surface area contributed by atoms with Gasteiger partial charge in [0, 0.05) is 0 Å². The number of hydrogen-bond donors (Lipinski definition) is 1. The average Bonchev–Trinajstić information content (AvgIpc) is 2.79. The van der Waals surface area contributed by atoms with E-state index < -0.39 is 12.2 Å². The largest absolute Gasteiger partial charge is 0.483 e. The first kappa shape index (κ1) is 23.3. The van der Waals surface area contributed by atoms with Crippen molar-refractivity contribution in [2.75, 3.05) is 0 Å². The fraction of sp³-hybridized carbons (Fsp3) is 0.429. The molecule has 0 amide bonds. The Labute approximate surface area is 186 Å². The first-order valence-corrected chi connectivity index (χ1v) is 11.6. The van der Waals surface area contributed by atoms with Crippen molar-refractivity contribution in [3.8, 4) is 5.75 Å². The van der Waals surface area contributed by atoms with Gasteiger partial charge in [-0.3, -0.25) is 0 Å². The summed E-state index contributed by atoms with van der Waals surface area (Å²) in [6, 6.07) is 14.4. The van der Waals surface area contributed by atoms with E-state index in [0.717, 1.165) is 55.4 Å². The smallest absolute Gasteiger partial charge is 0.150 e. The van der Waals surface area contributed by atoms with Crippen LogP contribution in [0.2, 0.25) is 0 Å². The maximum Gasteiger partial charge on any atom is 0.150 e. The van der Waals surface area contributed by atoms with Crippen LogP contribution in [0.4, 0.5) is 4.39 Å². The number of ether oxygens (including phenoxy) is 1. The highest BCUT2D eigenvalue weighted by molar-refractivity contribution is 5.36. The van der Waals surface area contributed by atoms with Gasteiger partial charge < -0.3 is 9.84 Å². The summed E-state index contributed by atoms with van der Waals surface area (Å²) in [5.41, 5.74) is 1.94. The van der Waals surface area contributed by atoms with Crippen molar-refractivity contribution in [3.63, 3.8) is 0 Å². The van der Waals surface area contributed by atoms with E-state index in [-0.39, 0.29) is 11.7 Å². The van der Waals surface area contributed by atoms with E-state index >= 15 is 0 Å². The molecule has 0 saturated carbocycles. The first-order valence-electron chi connectivity index (χ1n) is 11.6. The Morgan fingerprint density at radius 1 is 1.00 bits per heavy atom. The highest BCUT2D eigenvalue weighted by Crippen LogP contribution is 2.34. The van der Waals surface area contributed by atoms with Gasteiger partial charge in [-0.15, -0.1) is 0 Å². The molecule has 2 aromatic rings. The minimum absolute atomic E-state index is 0.142. The average molecular weight is 423 g/mol. The number of para-hydroxylation sites is 1. The Hall–Kier alpha value is -2.39. The summed E-state index contributed by atoms with van der Waals surface area (Å²) in [6.45, 7) is 4.29. The van der Waals surface area contributed by atoms with Crippen molar-refractivity contribution >= 4 is 0 Å². The molecule has 1 aliphatic rings. The standard InChI is InChI=1S/C28H35FO2/c1-3-10-22(11-4-2)27(30)28(23-16-18-25(29)19-17-23)31-26-15-9-8-14-24(26)20-21-12-6-5-7-13-21/h5-9,12,14-19,21-22,27-28,30H,3-4,10-11,13,20H2,1-2H3. The van der Waals surface area contributed by atoms with Gasteiger partial charge in [-0.1, -0.05) is 81.3 Å². The number of aliphatic hydroxyl groups excluding tert-OH is 1. The summed E-state index contributed by atoms with van der Waals surface area (Å²) >= 11 is 0. The molecule has 0 saturated heterocycles. The van der Waals surface area contributed by atoms with Crippen LogP contribution in [0.15, 0.2) is 72.8 Å². The number of allylic oxidation sites excluding steroid dienone is 4. The summed E-state index contributed by atoms with van der Waals surface area (Å²) < 4.78 is 20.1. The molecular weight excluding hydrogens is 387 g/mol. The van der Waals surface area contributed by atoms with E-state index in [1.54, 1.807) is 12.1 Å². The predicted octanol–water partition coefficient (Wildman–Crippen LogP) is 7.20. The maximum absolute atomic E-state index is 13.6. The van der Waals surface area contributed by atoms with E-state index in [9.17, 15) is 9.50 Å². The summed E-state index contributed by atoms with van der Waals surface area (Å²) in [5, 5.41) is 11.4. The van der Waals surface area contributed by atoms with Gasteiger partial charge in [0.25, 0.3) is 0 Å². The van der Waals surface area contributed by atoms with Crippen LogP contribution in [0.25, 0.3) is 0 Å². The number of rotatable bonds is 11. The molecule has 2 aromatic carbocycles. The molecule has 3 heteroatoms. The van der Waals surface area contributed by atoms with Gasteiger partial charge in [-0.05, 0) is 66.8 Å². The molecule has 3 atom stereocenters. The van der Waals surface area contributed by atoms with Gasteiger partial charge in [0.2, 0.25) is 0 Å². The lowest BCUT2D eigenvalue weighted by molar-refractivity contribution is -0.0105. The van der Waals surface area contributed by atoms with Crippen LogP contribution in [-0.2, 0) is 6.42 Å². The van der Waals surface area contributed by atoms with E-state index in [2.05, 4.69) is 44.2 Å². The molecule has 0 bridgehead atoms. The van der Waals surface area contributed by atoms with E-state index in [1.807, 2.05) is 18.2 Å². The molecule has 0 fully saturated rings. The number of benzene rings is 2. The van der Waals surface area contributed by atoms with Gasteiger partial charge >= 0.3 is 0 Å². The van der Waals surface area contributed by atoms with Gasteiger partial charge in [0.05, 0.1) is 6.10 Å². The van der Waals surface area contributed by atoms with Crippen LogP contribution >= 0.6 is 0 Å². The molecule has 166 valence electrons. The van der Waals surface area contributed by atoms with Crippen LogP contribution < -0.4 is 4.74 Å². The molecule has 0 aliphatic heterocycles. The lowest BCUT2D eigenvalue weighted by Crippen LogP contribution is -2.31. The molecule has 0 radical (unpaired) electrons. The quantitative estimate of drug-likeness (QED) is 0.415. The second-order valence-electron chi connectivity index (χ2n) is 8.54. The Morgan fingerprint density at radius 2 is 1.71 bits per heavy atom. The fourth-order valence-corrected chi connectivity index (χ4v) is 4.45. The highest BCUT2D eigenvalue weighted by atomic mass is 19.1. The van der Waals surface area contributed by atoms with E-state index in [0.29, 0.717) is 5.92 Å². The summed E-state index contributed by atoms with van der Waals surface area (Å²) in [6.07, 6.45) is 13.2. The number of halogens is 1. The van der Waals surface area contributed by atoms with Crippen LogP contribution in [0.5, 0.6) is 5.75 Å². The van der Waals surface area contributed by atoms with Crippen molar-refractivity contribution in [2.45, 2.75) is 64.6 Å². The lowest BCUT2D eigenvalue weighted by Gasteiger charge is -2.31. The fourth-order valence-electron chi connectivity index (χ4n) is 4.45. The van der Waals surface area contributed by atoms with Gasteiger partial charge in [-0.25, -0.2) is 4.39 Å². The van der Waals surface area contributed by atoms with Crippen LogP contribution in [0.1, 0.15) is 63.2 Å². The predicted molar refractivity (Wildman–Crippen MR) is 126 cm³/mol. The zero-order chi connectivity index (χ0) is 22.1. The summed E-state index contributed by atoms with van der Waals surface area (Å²) in [4.78, 5) is 0. The Kier molecular flexibility index (Phi) is 8.90. The van der Waals surface area contributed by atoms with Crippen LogP contribution in [0.3, 0.4) is 0 Å². The third kappa shape index (κ3) is 6.54. The zero-order valence-corrected chi connectivity index (χ0v) is 18.7. The third-order valence-electron chi connectivity index (χ3n) is 6.09. The van der Waals surface area contributed by atoms with Crippen LogP contribution in [0, 0.1) is 17.7 Å². The molecule has 3 unspecified atom stereocenters. The van der Waals surface area contributed by atoms with Crippen molar-refractivity contribution in [1.82, 2.24) is 0 Å². The molecule has 0 heterocycles. The Balaban J connectivity index is 1.88. The highest BCUT2D eigenvalue weighted by Gasteiger charge is 2.30. The third-order valence-corrected chi connectivity index (χ3v) is 6.09. The van der Waals surface area contributed by atoms with Crippen molar-refractivity contribution in [1.29, 1.82) is 0 Å². The normalized spacial score (nSPS) is 17.6. The van der Waals surface area contributed by atoms with E-state index in [1.165, 1.54) is 12.1 Å².